The summed E-state index contributed by atoms with van der Waals surface area (Å²) in [6.45, 7) is 18.8. The van der Waals surface area contributed by atoms with Crippen LogP contribution in [0.25, 0.3) is 82.8 Å². The molecule has 0 aliphatic carbocycles. The number of thiophene rings is 4. The van der Waals surface area contributed by atoms with Crippen molar-refractivity contribution in [1.82, 2.24) is 0 Å². The Morgan fingerprint density at radius 2 is 0.730 bits per heavy atom. The highest BCUT2D eigenvalue weighted by atomic mass is 32.1. The van der Waals surface area contributed by atoms with E-state index in [1.165, 1.54) is 160 Å². The molecule has 0 N–H and O–H groups in total. The molecule has 0 atom stereocenters. The molecule has 0 bridgehead atoms. The minimum Gasteiger partial charge on any atom is -0.310 e. The van der Waals surface area contributed by atoms with E-state index in [4.69, 9.17) is 0 Å². The maximum absolute atomic E-state index is 2.58. The second-order valence-electron chi connectivity index (χ2n) is 21.8. The summed E-state index contributed by atoms with van der Waals surface area (Å²) < 4.78 is 5.31. The van der Waals surface area contributed by atoms with Gasteiger partial charge in [-0.15, -0.1) is 45.3 Å². The second-order valence-corrected chi connectivity index (χ2v) is 26.6. The SMILES string of the molecule is Cc1ccc(-c2ccc3c(c2)N(c2ccc4c(C)c5cc(N6c7cc(-c8ccc(C)s8)ccc7C(C)(C)c7cc8c(cc76)sc6ccccc68)ccc5c(C)c4c2)c2cc4sc5ccccc5c4cc2C3(C)C)s1. The lowest BCUT2D eigenvalue weighted by Crippen LogP contribution is -2.30. The molecule has 15 rings (SSSR count). The van der Waals surface area contributed by atoms with Crippen molar-refractivity contribution in [2.75, 3.05) is 9.80 Å². The fraction of sp³-hybridized carbons (Fsp3) is 0.147. The molecule has 2 aliphatic heterocycles. The molecule has 74 heavy (non-hydrogen) atoms. The van der Waals surface area contributed by atoms with Gasteiger partial charge in [-0.2, -0.15) is 0 Å². The Balaban J connectivity index is 0.927. The first kappa shape index (κ1) is 44.4. The van der Waals surface area contributed by atoms with E-state index in [9.17, 15) is 0 Å². The average Bonchev–Trinajstić information content (AvgIpc) is 4.23. The van der Waals surface area contributed by atoms with Crippen LogP contribution in [0.1, 0.15) is 70.8 Å². The van der Waals surface area contributed by atoms with E-state index in [1.54, 1.807) is 0 Å². The van der Waals surface area contributed by atoms with Crippen molar-refractivity contribution in [3.63, 3.8) is 0 Å². The molecule has 0 saturated carbocycles. The number of hydrogen-bond donors (Lipinski definition) is 0. The van der Waals surface area contributed by atoms with Crippen LogP contribution in [0.15, 0.2) is 170 Å². The molecule has 0 fully saturated rings. The van der Waals surface area contributed by atoms with Crippen molar-refractivity contribution < 1.29 is 0 Å². The smallest absolute Gasteiger partial charge is 0.0517 e. The fourth-order valence-corrected chi connectivity index (χ4v) is 16.9. The minimum absolute atomic E-state index is 0.223. The van der Waals surface area contributed by atoms with Gasteiger partial charge >= 0.3 is 0 Å². The van der Waals surface area contributed by atoms with Gasteiger partial charge in [-0.3, -0.25) is 0 Å². The average molecular weight is 1030 g/mol. The number of fused-ring (bicyclic) bond motifs is 12. The topological polar surface area (TPSA) is 6.48 Å². The van der Waals surface area contributed by atoms with Gasteiger partial charge in [0.2, 0.25) is 0 Å². The standard InChI is InChI=1S/C68H52N2S4/c1-37-17-27-61(71-37)41-19-25-53-57(29-41)69(59-35-65-51(33-55(59)67(53,5)6)47-13-9-11-15-63(47)73-65)43-21-23-45-40(4)50-32-44(22-24-46(50)39(3)49(45)31-43)70-58-30-42(62-28-18-38(2)72-62)20-26-54(58)68(7,8)56-34-52-48-14-10-12-16-64(48)74-66(52)36-60(56)70/h9-36H,1-8H3. The van der Waals surface area contributed by atoms with E-state index in [0.717, 1.165) is 0 Å². The Labute approximate surface area is 448 Å². The van der Waals surface area contributed by atoms with Crippen LogP contribution in [0, 0.1) is 27.7 Å². The van der Waals surface area contributed by atoms with E-state index in [1.807, 2.05) is 45.3 Å². The Kier molecular flexibility index (Phi) is 9.45. The minimum atomic E-state index is -0.223. The second kappa shape index (κ2) is 15.7. The number of hydrogen-bond acceptors (Lipinski definition) is 6. The molecule has 0 saturated heterocycles. The summed E-state index contributed by atoms with van der Waals surface area (Å²) in [5.74, 6) is 0. The van der Waals surface area contributed by atoms with Crippen LogP contribution in [0.5, 0.6) is 0 Å². The van der Waals surface area contributed by atoms with Gasteiger partial charge in [-0.25, -0.2) is 0 Å². The zero-order valence-corrected chi connectivity index (χ0v) is 46.0. The third-order valence-electron chi connectivity index (χ3n) is 16.8. The molecule has 358 valence electrons. The number of benzene rings is 9. The third-order valence-corrected chi connectivity index (χ3v) is 21.2. The highest BCUT2D eigenvalue weighted by Gasteiger charge is 2.40. The molecule has 0 amide bonds. The van der Waals surface area contributed by atoms with Crippen molar-refractivity contribution in [3.05, 3.63) is 213 Å². The normalized spacial score (nSPS) is 14.6. The number of anilines is 6. The summed E-state index contributed by atoms with van der Waals surface area (Å²) in [5, 5.41) is 10.5. The molecule has 2 nitrogen and oxygen atoms in total. The summed E-state index contributed by atoms with van der Waals surface area (Å²) in [7, 11) is 0. The lowest BCUT2D eigenvalue weighted by molar-refractivity contribution is 0.633. The monoisotopic (exact) mass is 1020 g/mol. The Morgan fingerprint density at radius 3 is 1.15 bits per heavy atom. The molecule has 0 spiro atoms. The molecule has 0 radical (unpaired) electrons. The number of aryl methyl sites for hydroxylation is 4. The summed E-state index contributed by atoms with van der Waals surface area (Å²) in [6, 6.07) is 65.8. The molecule has 4 aromatic heterocycles. The zero-order valence-electron chi connectivity index (χ0n) is 42.7. The summed E-state index contributed by atoms with van der Waals surface area (Å²) in [6.07, 6.45) is 0. The van der Waals surface area contributed by atoms with Gasteiger partial charge in [0.1, 0.15) is 0 Å². The van der Waals surface area contributed by atoms with Crippen LogP contribution < -0.4 is 9.80 Å². The highest BCUT2D eigenvalue weighted by Crippen LogP contribution is 2.58. The maximum atomic E-state index is 2.58. The van der Waals surface area contributed by atoms with Gasteiger partial charge in [0, 0.05) is 82.1 Å². The lowest BCUT2D eigenvalue weighted by atomic mass is 9.72. The Bertz CT molecular complexity index is 4280. The van der Waals surface area contributed by atoms with Crippen molar-refractivity contribution >= 4 is 141 Å². The van der Waals surface area contributed by atoms with Crippen molar-refractivity contribution in [2.45, 2.75) is 66.2 Å². The van der Waals surface area contributed by atoms with Gasteiger partial charge in [0.05, 0.1) is 22.7 Å². The zero-order chi connectivity index (χ0) is 50.1. The van der Waals surface area contributed by atoms with Crippen LogP contribution in [0.2, 0.25) is 0 Å². The molecular weight excluding hydrogens is 973 g/mol. The first-order valence-corrected chi connectivity index (χ1v) is 29.0. The summed E-state index contributed by atoms with van der Waals surface area (Å²) in [4.78, 5) is 10.4. The van der Waals surface area contributed by atoms with Gasteiger partial charge in [-0.05, 0) is 191 Å². The van der Waals surface area contributed by atoms with Crippen molar-refractivity contribution in [3.8, 4) is 20.9 Å². The summed E-state index contributed by atoms with van der Waals surface area (Å²) in [5.41, 5.74) is 17.5. The van der Waals surface area contributed by atoms with Crippen molar-refractivity contribution in [2.24, 2.45) is 0 Å². The molecule has 9 aromatic carbocycles. The van der Waals surface area contributed by atoms with Gasteiger partial charge in [0.25, 0.3) is 0 Å². The summed E-state index contributed by atoms with van der Waals surface area (Å²) >= 11 is 7.54. The van der Waals surface area contributed by atoms with Gasteiger partial charge in [-0.1, -0.05) is 100 Å². The molecule has 13 aromatic rings. The van der Waals surface area contributed by atoms with Crippen molar-refractivity contribution in [1.29, 1.82) is 0 Å². The van der Waals surface area contributed by atoms with E-state index in [-0.39, 0.29) is 10.8 Å². The first-order valence-electron chi connectivity index (χ1n) is 25.7. The Morgan fingerprint density at radius 1 is 0.311 bits per heavy atom. The highest BCUT2D eigenvalue weighted by molar-refractivity contribution is 7.26. The van der Waals surface area contributed by atoms with E-state index >= 15 is 0 Å². The quantitative estimate of drug-likeness (QED) is 0.162. The maximum Gasteiger partial charge on any atom is 0.0517 e. The van der Waals surface area contributed by atoms with Crippen LogP contribution in [0.3, 0.4) is 0 Å². The van der Waals surface area contributed by atoms with Crippen LogP contribution in [0.4, 0.5) is 34.1 Å². The molecular formula is C68H52N2S4. The van der Waals surface area contributed by atoms with Crippen LogP contribution in [-0.2, 0) is 10.8 Å². The predicted octanol–water partition coefficient (Wildman–Crippen LogP) is 21.6. The van der Waals surface area contributed by atoms with Crippen LogP contribution in [-0.4, -0.2) is 0 Å². The van der Waals surface area contributed by atoms with E-state index < -0.39 is 0 Å². The molecule has 6 heteroatoms. The van der Waals surface area contributed by atoms with E-state index in [0.29, 0.717) is 0 Å². The largest absolute Gasteiger partial charge is 0.310 e. The predicted molar refractivity (Wildman–Crippen MR) is 326 cm³/mol. The van der Waals surface area contributed by atoms with E-state index in [2.05, 4.69) is 235 Å². The lowest BCUT2D eigenvalue weighted by Gasteiger charge is -2.42. The number of nitrogens with zero attached hydrogens (tertiary/aromatic N) is 2. The van der Waals surface area contributed by atoms with Crippen LogP contribution >= 0.6 is 45.3 Å². The third kappa shape index (κ3) is 6.32. The van der Waals surface area contributed by atoms with Gasteiger partial charge in [0.15, 0.2) is 0 Å². The Hall–Kier alpha value is -7.06. The fourth-order valence-electron chi connectivity index (χ4n) is 12.9. The molecule has 6 heterocycles. The van der Waals surface area contributed by atoms with Gasteiger partial charge < -0.3 is 9.80 Å². The number of rotatable bonds is 4. The molecule has 0 unspecified atom stereocenters. The molecule has 2 aliphatic rings. The first-order chi connectivity index (χ1) is 35.8.